The maximum atomic E-state index is 12.2. The van der Waals surface area contributed by atoms with E-state index in [-0.39, 0.29) is 11.7 Å². The van der Waals surface area contributed by atoms with Gasteiger partial charge in [-0.25, -0.2) is 0 Å². The topological polar surface area (TPSA) is 26.3 Å². The van der Waals surface area contributed by atoms with Gasteiger partial charge in [-0.2, -0.15) is 0 Å². The van der Waals surface area contributed by atoms with E-state index in [0.717, 1.165) is 17.5 Å². The summed E-state index contributed by atoms with van der Waals surface area (Å²) in [6.07, 6.45) is 0.760. The van der Waals surface area contributed by atoms with Crippen molar-refractivity contribution in [3.8, 4) is 11.1 Å². The van der Waals surface area contributed by atoms with Gasteiger partial charge in [0.25, 0.3) is 0 Å². The molecule has 104 valence electrons. The predicted molar refractivity (Wildman–Crippen MR) is 81.9 cm³/mol. The van der Waals surface area contributed by atoms with Crippen molar-refractivity contribution >= 4 is 5.78 Å². The summed E-state index contributed by atoms with van der Waals surface area (Å²) in [7, 11) is 1.66. The van der Waals surface area contributed by atoms with E-state index in [0.29, 0.717) is 6.61 Å². The minimum atomic E-state index is -0.00229. The molecule has 0 amide bonds. The third kappa shape index (κ3) is 3.55. The van der Waals surface area contributed by atoms with Gasteiger partial charge in [-0.1, -0.05) is 61.5 Å². The Morgan fingerprint density at radius 1 is 1.00 bits per heavy atom. The molecule has 2 nitrogen and oxygen atoms in total. The number of Topliss-reactive ketones (excluding diaryl/α,β-unsaturated/α-hetero) is 1. The van der Waals surface area contributed by atoms with Crippen LogP contribution in [0.15, 0.2) is 54.6 Å². The third-order valence-electron chi connectivity index (χ3n) is 3.48. The van der Waals surface area contributed by atoms with Gasteiger partial charge in [0, 0.05) is 25.2 Å². The number of ketones is 1. The van der Waals surface area contributed by atoms with Gasteiger partial charge in [-0.05, 0) is 17.5 Å². The maximum Gasteiger partial charge on any atom is 0.165 e. The van der Waals surface area contributed by atoms with Crippen molar-refractivity contribution in [1.29, 1.82) is 0 Å². The lowest BCUT2D eigenvalue weighted by atomic mass is 9.95. The molecule has 20 heavy (non-hydrogen) atoms. The summed E-state index contributed by atoms with van der Waals surface area (Å²) in [5.41, 5.74) is 3.07. The Bertz CT molecular complexity index is 543. The van der Waals surface area contributed by atoms with Gasteiger partial charge >= 0.3 is 0 Å². The number of methoxy groups -OCH3 is 1. The second-order valence-electron chi connectivity index (χ2n) is 4.99. The Labute approximate surface area is 120 Å². The zero-order valence-electron chi connectivity index (χ0n) is 12.0. The first-order chi connectivity index (χ1) is 9.72. The number of hydrogen-bond donors (Lipinski definition) is 0. The fourth-order valence-corrected chi connectivity index (χ4v) is 2.17. The molecule has 1 unspecified atom stereocenters. The van der Waals surface area contributed by atoms with Crippen LogP contribution in [0.5, 0.6) is 0 Å². The molecule has 0 heterocycles. The van der Waals surface area contributed by atoms with Gasteiger partial charge < -0.3 is 4.74 Å². The normalized spacial score (nSPS) is 12.1. The van der Waals surface area contributed by atoms with Gasteiger partial charge in [-0.3, -0.25) is 4.79 Å². The lowest BCUT2D eigenvalue weighted by Gasteiger charge is -2.10. The summed E-state index contributed by atoms with van der Waals surface area (Å²) < 4.78 is 5.02. The molecule has 0 radical (unpaired) electrons. The van der Waals surface area contributed by atoms with E-state index in [4.69, 9.17) is 4.74 Å². The third-order valence-corrected chi connectivity index (χ3v) is 3.48. The summed E-state index contributed by atoms with van der Waals surface area (Å²) in [6, 6.07) is 18.0. The van der Waals surface area contributed by atoms with Crippen LogP contribution in [-0.2, 0) is 4.74 Å². The molecule has 0 spiro atoms. The molecule has 0 fully saturated rings. The predicted octanol–water partition coefficient (Wildman–Crippen LogP) is 4.21. The van der Waals surface area contributed by atoms with Crippen molar-refractivity contribution < 1.29 is 9.53 Å². The van der Waals surface area contributed by atoms with E-state index in [9.17, 15) is 4.79 Å². The van der Waals surface area contributed by atoms with E-state index in [2.05, 4.69) is 12.1 Å². The number of benzene rings is 2. The highest BCUT2D eigenvalue weighted by Gasteiger charge is 2.14. The van der Waals surface area contributed by atoms with Gasteiger partial charge in [0.1, 0.15) is 0 Å². The quantitative estimate of drug-likeness (QED) is 0.734. The molecule has 2 aromatic carbocycles. The van der Waals surface area contributed by atoms with E-state index in [1.165, 1.54) is 5.56 Å². The van der Waals surface area contributed by atoms with Crippen molar-refractivity contribution in [3.63, 3.8) is 0 Å². The molecule has 0 aliphatic rings. The SMILES string of the molecule is COCCC(C)C(=O)c1ccc(-c2ccccc2)cc1. The standard InChI is InChI=1S/C18H20O2/c1-14(12-13-20-2)18(19)17-10-8-16(9-11-17)15-6-4-3-5-7-15/h3-11,14H,12-13H2,1-2H3. The number of carbonyl (C=O) groups excluding carboxylic acids is 1. The van der Waals surface area contributed by atoms with Crippen LogP contribution in [0.4, 0.5) is 0 Å². The Morgan fingerprint density at radius 3 is 2.20 bits per heavy atom. The Morgan fingerprint density at radius 2 is 1.60 bits per heavy atom. The summed E-state index contributed by atoms with van der Waals surface area (Å²) in [5.74, 6) is 0.180. The Hall–Kier alpha value is -1.93. The molecule has 0 saturated carbocycles. The molecule has 0 bridgehead atoms. The first-order valence-electron chi connectivity index (χ1n) is 6.91. The molecular weight excluding hydrogens is 248 g/mol. The first-order valence-corrected chi connectivity index (χ1v) is 6.91. The zero-order chi connectivity index (χ0) is 14.4. The second-order valence-corrected chi connectivity index (χ2v) is 4.99. The summed E-state index contributed by atoms with van der Waals surface area (Å²) >= 11 is 0. The summed E-state index contributed by atoms with van der Waals surface area (Å²) in [5, 5.41) is 0. The molecule has 0 aliphatic carbocycles. The molecule has 1 atom stereocenters. The maximum absolute atomic E-state index is 12.2. The first kappa shape index (κ1) is 14.5. The van der Waals surface area contributed by atoms with Crippen LogP contribution in [-0.4, -0.2) is 19.5 Å². The minimum Gasteiger partial charge on any atom is -0.385 e. The van der Waals surface area contributed by atoms with Crippen molar-refractivity contribution in [2.75, 3.05) is 13.7 Å². The van der Waals surface area contributed by atoms with Crippen LogP contribution in [0.1, 0.15) is 23.7 Å². The minimum absolute atomic E-state index is 0.00229. The van der Waals surface area contributed by atoms with E-state index >= 15 is 0 Å². The van der Waals surface area contributed by atoms with Crippen LogP contribution in [0, 0.1) is 5.92 Å². The molecule has 2 heteroatoms. The van der Waals surface area contributed by atoms with E-state index < -0.39 is 0 Å². The second kappa shape index (κ2) is 7.01. The van der Waals surface area contributed by atoms with Crippen LogP contribution < -0.4 is 0 Å². The highest BCUT2D eigenvalue weighted by atomic mass is 16.5. The molecular formula is C18H20O2. The van der Waals surface area contributed by atoms with Crippen LogP contribution in [0.2, 0.25) is 0 Å². The van der Waals surface area contributed by atoms with Gasteiger partial charge in [-0.15, -0.1) is 0 Å². The Kier molecular flexibility index (Phi) is 5.08. The summed E-state index contributed by atoms with van der Waals surface area (Å²) in [4.78, 5) is 12.2. The number of hydrogen-bond acceptors (Lipinski definition) is 2. The van der Waals surface area contributed by atoms with Crippen LogP contribution in [0.25, 0.3) is 11.1 Å². The molecule has 0 aliphatic heterocycles. The molecule has 0 N–H and O–H groups in total. The largest absolute Gasteiger partial charge is 0.385 e. The van der Waals surface area contributed by atoms with Crippen molar-refractivity contribution in [2.24, 2.45) is 5.92 Å². The zero-order valence-corrected chi connectivity index (χ0v) is 12.0. The lowest BCUT2D eigenvalue weighted by Crippen LogP contribution is -2.13. The van der Waals surface area contributed by atoms with Crippen molar-refractivity contribution in [1.82, 2.24) is 0 Å². The molecule has 2 rings (SSSR count). The van der Waals surface area contributed by atoms with Crippen molar-refractivity contribution in [2.45, 2.75) is 13.3 Å². The van der Waals surface area contributed by atoms with E-state index in [1.54, 1.807) is 7.11 Å². The lowest BCUT2D eigenvalue weighted by molar-refractivity contribution is 0.0894. The average molecular weight is 268 g/mol. The fourth-order valence-electron chi connectivity index (χ4n) is 2.17. The highest BCUT2D eigenvalue weighted by molar-refractivity contribution is 5.98. The average Bonchev–Trinajstić information content (AvgIpc) is 2.53. The highest BCUT2D eigenvalue weighted by Crippen LogP contribution is 2.21. The van der Waals surface area contributed by atoms with Gasteiger partial charge in [0.2, 0.25) is 0 Å². The summed E-state index contributed by atoms with van der Waals surface area (Å²) in [6.45, 7) is 2.57. The smallest absolute Gasteiger partial charge is 0.165 e. The molecule has 0 saturated heterocycles. The van der Waals surface area contributed by atoms with Crippen molar-refractivity contribution in [3.05, 3.63) is 60.2 Å². The van der Waals surface area contributed by atoms with Gasteiger partial charge in [0.05, 0.1) is 0 Å². The Balaban J connectivity index is 2.10. The van der Waals surface area contributed by atoms with Crippen LogP contribution in [0.3, 0.4) is 0 Å². The number of ether oxygens (including phenoxy) is 1. The number of rotatable bonds is 6. The number of carbonyl (C=O) groups is 1. The fraction of sp³-hybridized carbons (Fsp3) is 0.278. The van der Waals surface area contributed by atoms with E-state index in [1.807, 2.05) is 49.4 Å². The molecule has 0 aromatic heterocycles. The van der Waals surface area contributed by atoms with Crippen LogP contribution >= 0.6 is 0 Å². The van der Waals surface area contributed by atoms with Gasteiger partial charge in [0.15, 0.2) is 5.78 Å². The monoisotopic (exact) mass is 268 g/mol. The molecule has 2 aromatic rings.